The van der Waals surface area contributed by atoms with Crippen LogP contribution >= 0.6 is 0 Å². The maximum atomic E-state index is 11.7. The monoisotopic (exact) mass is 253 g/mol. The number of aliphatic hydroxyl groups is 1. The van der Waals surface area contributed by atoms with Gasteiger partial charge in [0.15, 0.2) is 0 Å². The number of hydrogen-bond acceptors (Lipinski definition) is 5. The summed E-state index contributed by atoms with van der Waals surface area (Å²) in [5, 5.41) is 10.0. The van der Waals surface area contributed by atoms with E-state index in [1.807, 2.05) is 20.8 Å². The number of aromatic nitrogens is 2. The molecule has 1 heterocycles. The molecule has 100 valence electrons. The number of amides is 1. The van der Waals surface area contributed by atoms with Crippen LogP contribution < -0.4 is 0 Å². The highest BCUT2D eigenvalue weighted by atomic mass is 16.5. The lowest BCUT2D eigenvalue weighted by Crippen LogP contribution is -2.47. The van der Waals surface area contributed by atoms with Gasteiger partial charge in [-0.05, 0) is 20.8 Å². The van der Waals surface area contributed by atoms with E-state index >= 15 is 0 Å². The molecule has 1 N–H and O–H groups in total. The van der Waals surface area contributed by atoms with Crippen molar-refractivity contribution in [2.24, 2.45) is 0 Å². The SMILES string of the molecule is COC(=O)N(C[C@@H](O)c1cnccn1)C(C)(C)C. The van der Waals surface area contributed by atoms with E-state index in [9.17, 15) is 9.90 Å². The Morgan fingerprint density at radius 1 is 1.50 bits per heavy atom. The molecule has 6 heteroatoms. The number of nitrogens with zero attached hydrogens (tertiary/aromatic N) is 3. The summed E-state index contributed by atoms with van der Waals surface area (Å²) >= 11 is 0. The van der Waals surface area contributed by atoms with Gasteiger partial charge in [-0.25, -0.2) is 4.79 Å². The zero-order valence-corrected chi connectivity index (χ0v) is 11.1. The molecular weight excluding hydrogens is 234 g/mol. The van der Waals surface area contributed by atoms with Gasteiger partial charge in [0.25, 0.3) is 0 Å². The molecule has 0 bridgehead atoms. The molecule has 0 unspecified atom stereocenters. The van der Waals surface area contributed by atoms with Gasteiger partial charge >= 0.3 is 6.09 Å². The Hall–Kier alpha value is -1.69. The van der Waals surface area contributed by atoms with Crippen LogP contribution in [0.4, 0.5) is 4.79 Å². The zero-order valence-electron chi connectivity index (χ0n) is 11.1. The van der Waals surface area contributed by atoms with Gasteiger partial charge in [0.1, 0.15) is 6.10 Å². The van der Waals surface area contributed by atoms with Gasteiger partial charge in [0.05, 0.1) is 25.5 Å². The summed E-state index contributed by atoms with van der Waals surface area (Å²) in [5.74, 6) is 0. The normalized spacial score (nSPS) is 12.9. The van der Waals surface area contributed by atoms with Crippen LogP contribution in [0.3, 0.4) is 0 Å². The summed E-state index contributed by atoms with van der Waals surface area (Å²) in [6.07, 6.45) is 3.13. The second-order valence-electron chi connectivity index (χ2n) is 4.90. The number of carbonyl (C=O) groups is 1. The van der Waals surface area contributed by atoms with Crippen LogP contribution in [-0.2, 0) is 4.74 Å². The third kappa shape index (κ3) is 3.66. The van der Waals surface area contributed by atoms with Crippen molar-refractivity contribution in [2.45, 2.75) is 32.4 Å². The van der Waals surface area contributed by atoms with Crippen molar-refractivity contribution < 1.29 is 14.6 Å². The number of β-amino-alcohol motifs (C(OH)–C–C–N with tert-alkyl or cyclic N) is 1. The van der Waals surface area contributed by atoms with Gasteiger partial charge in [-0.2, -0.15) is 0 Å². The van der Waals surface area contributed by atoms with Gasteiger partial charge in [0, 0.05) is 17.9 Å². The second kappa shape index (κ2) is 5.77. The lowest BCUT2D eigenvalue weighted by atomic mass is 10.1. The van der Waals surface area contributed by atoms with Crippen LogP contribution in [0.25, 0.3) is 0 Å². The van der Waals surface area contributed by atoms with Gasteiger partial charge in [0.2, 0.25) is 0 Å². The van der Waals surface area contributed by atoms with Crippen LogP contribution in [0.1, 0.15) is 32.6 Å². The summed E-state index contributed by atoms with van der Waals surface area (Å²) in [4.78, 5) is 21.0. The molecule has 1 aromatic heterocycles. The van der Waals surface area contributed by atoms with Crippen molar-refractivity contribution in [1.82, 2.24) is 14.9 Å². The first kappa shape index (κ1) is 14.4. The van der Waals surface area contributed by atoms with Crippen molar-refractivity contribution in [2.75, 3.05) is 13.7 Å². The highest BCUT2D eigenvalue weighted by Crippen LogP contribution is 2.19. The first-order valence-electron chi connectivity index (χ1n) is 5.66. The van der Waals surface area contributed by atoms with E-state index in [1.165, 1.54) is 30.6 Å². The van der Waals surface area contributed by atoms with Gasteiger partial charge < -0.3 is 14.7 Å². The Bertz CT molecular complexity index is 389. The smallest absolute Gasteiger partial charge is 0.410 e. The highest BCUT2D eigenvalue weighted by molar-refractivity contribution is 5.68. The van der Waals surface area contributed by atoms with E-state index in [2.05, 4.69) is 9.97 Å². The largest absolute Gasteiger partial charge is 0.453 e. The molecule has 0 fully saturated rings. The van der Waals surface area contributed by atoms with E-state index in [0.29, 0.717) is 5.69 Å². The fourth-order valence-corrected chi connectivity index (χ4v) is 1.48. The number of aliphatic hydroxyl groups excluding tert-OH is 1. The van der Waals surface area contributed by atoms with E-state index in [-0.39, 0.29) is 6.54 Å². The lowest BCUT2D eigenvalue weighted by molar-refractivity contribution is 0.0447. The minimum absolute atomic E-state index is 0.106. The standard InChI is InChI=1S/C12H19N3O3/c1-12(2,3)15(11(17)18-4)8-10(16)9-7-13-5-6-14-9/h5-7,10,16H,8H2,1-4H3/t10-/m1/s1. The third-order valence-corrected chi connectivity index (χ3v) is 2.48. The summed E-state index contributed by atoms with van der Waals surface area (Å²) < 4.78 is 4.72. The highest BCUT2D eigenvalue weighted by Gasteiger charge is 2.29. The molecule has 18 heavy (non-hydrogen) atoms. The molecule has 0 radical (unpaired) electrons. The van der Waals surface area contributed by atoms with E-state index < -0.39 is 17.7 Å². The van der Waals surface area contributed by atoms with Crippen LogP contribution in [0.5, 0.6) is 0 Å². The van der Waals surface area contributed by atoms with Crippen molar-refractivity contribution in [3.8, 4) is 0 Å². The first-order valence-corrected chi connectivity index (χ1v) is 5.66. The summed E-state index contributed by atoms with van der Waals surface area (Å²) in [5.41, 5.74) is -0.0216. The number of hydrogen-bond donors (Lipinski definition) is 1. The predicted octanol–water partition coefficient (Wildman–Crippen LogP) is 1.38. The Labute approximate surface area is 107 Å². The average Bonchev–Trinajstić information content (AvgIpc) is 2.34. The van der Waals surface area contributed by atoms with Crippen molar-refractivity contribution in [3.63, 3.8) is 0 Å². The summed E-state index contributed by atoms with van der Waals surface area (Å²) in [7, 11) is 1.32. The Balaban J connectivity index is 2.82. The van der Waals surface area contributed by atoms with Crippen molar-refractivity contribution in [3.05, 3.63) is 24.3 Å². The number of carbonyl (C=O) groups excluding carboxylic acids is 1. The molecule has 1 atom stereocenters. The van der Waals surface area contributed by atoms with Crippen LogP contribution in [0.15, 0.2) is 18.6 Å². The average molecular weight is 253 g/mol. The van der Waals surface area contributed by atoms with E-state index in [4.69, 9.17) is 4.74 Å². The molecular formula is C12H19N3O3. The lowest BCUT2D eigenvalue weighted by Gasteiger charge is -2.35. The minimum Gasteiger partial charge on any atom is -0.453 e. The van der Waals surface area contributed by atoms with Gasteiger partial charge in [-0.3, -0.25) is 9.97 Å². The zero-order chi connectivity index (χ0) is 13.8. The van der Waals surface area contributed by atoms with E-state index in [1.54, 1.807) is 0 Å². The van der Waals surface area contributed by atoms with Gasteiger partial charge in [-0.15, -0.1) is 0 Å². The molecule has 6 nitrogen and oxygen atoms in total. The quantitative estimate of drug-likeness (QED) is 0.880. The minimum atomic E-state index is -0.892. The molecule has 0 saturated carbocycles. The van der Waals surface area contributed by atoms with Crippen molar-refractivity contribution in [1.29, 1.82) is 0 Å². The number of ether oxygens (including phenoxy) is 1. The number of rotatable bonds is 3. The summed E-state index contributed by atoms with van der Waals surface area (Å²) in [6, 6.07) is 0. The maximum absolute atomic E-state index is 11.7. The topological polar surface area (TPSA) is 75.5 Å². The molecule has 1 rings (SSSR count). The predicted molar refractivity (Wildman–Crippen MR) is 65.9 cm³/mol. The molecule has 0 aliphatic carbocycles. The second-order valence-corrected chi connectivity index (χ2v) is 4.90. The molecule has 0 aliphatic rings. The molecule has 0 aromatic carbocycles. The van der Waals surface area contributed by atoms with Crippen LogP contribution in [0.2, 0.25) is 0 Å². The molecule has 0 aliphatic heterocycles. The molecule has 0 spiro atoms. The van der Waals surface area contributed by atoms with Crippen LogP contribution in [-0.4, -0.2) is 45.3 Å². The maximum Gasteiger partial charge on any atom is 0.410 e. The molecule has 0 saturated heterocycles. The third-order valence-electron chi connectivity index (χ3n) is 2.48. The fourth-order valence-electron chi connectivity index (χ4n) is 1.48. The number of methoxy groups -OCH3 is 1. The Kier molecular flexibility index (Phi) is 4.61. The van der Waals surface area contributed by atoms with Gasteiger partial charge in [-0.1, -0.05) is 0 Å². The first-order chi connectivity index (χ1) is 8.36. The van der Waals surface area contributed by atoms with E-state index in [0.717, 1.165) is 0 Å². The van der Waals surface area contributed by atoms with Crippen LogP contribution in [0, 0.1) is 0 Å². The Morgan fingerprint density at radius 2 is 2.17 bits per heavy atom. The van der Waals surface area contributed by atoms with Crippen molar-refractivity contribution >= 4 is 6.09 Å². The fraction of sp³-hybridized carbons (Fsp3) is 0.583. The molecule has 1 amide bonds. The summed E-state index contributed by atoms with van der Waals surface area (Å²) in [6.45, 7) is 5.71. The Morgan fingerprint density at radius 3 is 2.61 bits per heavy atom. The molecule has 1 aromatic rings.